The Morgan fingerprint density at radius 1 is 1.07 bits per heavy atom. The molecule has 1 aliphatic heterocycles. The fraction of sp³-hybridized carbons (Fsp3) is 0.435. The summed E-state index contributed by atoms with van der Waals surface area (Å²) < 4.78 is 27.2. The first kappa shape index (κ1) is 22.5. The van der Waals surface area contributed by atoms with Gasteiger partial charge in [-0.25, -0.2) is 8.42 Å². The molecule has 7 heteroatoms. The minimum Gasteiger partial charge on any atom is -0.344 e. The van der Waals surface area contributed by atoms with Crippen LogP contribution in [0.5, 0.6) is 0 Å². The van der Waals surface area contributed by atoms with Gasteiger partial charge >= 0.3 is 0 Å². The SMILES string of the molecule is CCC[C@H](NC(=O)C[NH+]1CCN(S(=O)(=O)c2ccc(C)cc2)CC1)c1ccccc1. The summed E-state index contributed by atoms with van der Waals surface area (Å²) in [5.74, 6) is 0.0159. The molecule has 1 atom stereocenters. The summed E-state index contributed by atoms with van der Waals surface area (Å²) in [7, 11) is -3.47. The van der Waals surface area contributed by atoms with E-state index in [0.717, 1.165) is 28.9 Å². The van der Waals surface area contributed by atoms with Crippen LogP contribution in [0, 0.1) is 6.92 Å². The maximum atomic E-state index is 12.8. The minimum absolute atomic E-state index is 0.0159. The molecule has 0 bridgehead atoms. The molecule has 0 saturated carbocycles. The quantitative estimate of drug-likeness (QED) is 0.668. The van der Waals surface area contributed by atoms with Crippen LogP contribution < -0.4 is 10.2 Å². The fourth-order valence-corrected chi connectivity index (χ4v) is 5.29. The molecular formula is C23H32N3O3S+. The molecule has 2 N–H and O–H groups in total. The van der Waals surface area contributed by atoms with Crippen molar-refractivity contribution in [1.29, 1.82) is 0 Å². The van der Waals surface area contributed by atoms with Gasteiger partial charge in [-0.05, 0) is 31.0 Å². The molecule has 1 aliphatic rings. The van der Waals surface area contributed by atoms with Crippen LogP contribution >= 0.6 is 0 Å². The first-order chi connectivity index (χ1) is 14.4. The van der Waals surface area contributed by atoms with Crippen molar-refractivity contribution < 1.29 is 18.1 Å². The van der Waals surface area contributed by atoms with Crippen LogP contribution in [0.15, 0.2) is 59.5 Å². The minimum atomic E-state index is -3.47. The molecule has 6 nitrogen and oxygen atoms in total. The average Bonchev–Trinajstić information content (AvgIpc) is 2.75. The maximum absolute atomic E-state index is 12.8. The normalized spacial score (nSPS) is 16.9. The summed E-state index contributed by atoms with van der Waals surface area (Å²) >= 11 is 0. The van der Waals surface area contributed by atoms with Gasteiger partial charge in [-0.2, -0.15) is 4.31 Å². The first-order valence-corrected chi connectivity index (χ1v) is 12.1. The maximum Gasteiger partial charge on any atom is 0.275 e. The second-order valence-electron chi connectivity index (χ2n) is 7.96. The second-order valence-corrected chi connectivity index (χ2v) is 9.90. The number of piperazine rings is 1. The van der Waals surface area contributed by atoms with E-state index in [1.165, 1.54) is 4.31 Å². The highest BCUT2D eigenvalue weighted by Crippen LogP contribution is 2.18. The van der Waals surface area contributed by atoms with Crippen LogP contribution in [0.1, 0.15) is 36.9 Å². The van der Waals surface area contributed by atoms with Gasteiger partial charge in [-0.3, -0.25) is 4.79 Å². The Hall–Kier alpha value is -2.22. The average molecular weight is 431 g/mol. The van der Waals surface area contributed by atoms with Crippen LogP contribution in [0.2, 0.25) is 0 Å². The first-order valence-electron chi connectivity index (χ1n) is 10.6. The molecule has 3 rings (SSSR count). The number of hydrogen-bond donors (Lipinski definition) is 2. The third-order valence-electron chi connectivity index (χ3n) is 5.61. The predicted molar refractivity (Wildman–Crippen MR) is 118 cm³/mol. The van der Waals surface area contributed by atoms with E-state index >= 15 is 0 Å². The Morgan fingerprint density at radius 3 is 2.30 bits per heavy atom. The molecule has 2 aromatic carbocycles. The number of carbonyl (C=O) groups is 1. The van der Waals surface area contributed by atoms with Crippen molar-refractivity contribution in [3.8, 4) is 0 Å². The third kappa shape index (κ3) is 5.68. The van der Waals surface area contributed by atoms with Crippen molar-refractivity contribution in [3.05, 3.63) is 65.7 Å². The number of aryl methyl sites for hydroxylation is 1. The highest BCUT2D eigenvalue weighted by atomic mass is 32.2. The summed E-state index contributed by atoms with van der Waals surface area (Å²) in [6.07, 6.45) is 1.88. The molecule has 1 saturated heterocycles. The zero-order valence-corrected chi connectivity index (χ0v) is 18.6. The molecule has 0 aromatic heterocycles. The number of benzene rings is 2. The van der Waals surface area contributed by atoms with E-state index in [-0.39, 0.29) is 11.9 Å². The summed E-state index contributed by atoms with van der Waals surface area (Å²) in [5.41, 5.74) is 2.16. The number of amides is 1. The van der Waals surface area contributed by atoms with Gasteiger partial charge in [-0.1, -0.05) is 61.4 Å². The standard InChI is InChI=1S/C23H31N3O3S/c1-3-7-22(20-8-5-4-6-9-20)24-23(27)18-25-14-16-26(17-15-25)30(28,29)21-12-10-19(2)11-13-21/h4-6,8-13,22H,3,7,14-18H2,1-2H3,(H,24,27)/p+1/t22-/m0/s1. The van der Waals surface area contributed by atoms with Gasteiger partial charge in [0.2, 0.25) is 10.0 Å². The van der Waals surface area contributed by atoms with Gasteiger partial charge in [0.05, 0.1) is 37.1 Å². The zero-order chi connectivity index (χ0) is 21.6. The lowest BCUT2D eigenvalue weighted by molar-refractivity contribution is -0.895. The monoisotopic (exact) mass is 430 g/mol. The molecular weight excluding hydrogens is 398 g/mol. The third-order valence-corrected chi connectivity index (χ3v) is 7.53. The van der Waals surface area contributed by atoms with E-state index in [0.29, 0.717) is 37.6 Å². The summed E-state index contributed by atoms with van der Waals surface area (Å²) in [5, 5.41) is 3.16. The fourth-order valence-electron chi connectivity index (χ4n) is 3.85. The van der Waals surface area contributed by atoms with Crippen LogP contribution in [0.3, 0.4) is 0 Å². The lowest BCUT2D eigenvalue weighted by Crippen LogP contribution is -3.15. The number of rotatable bonds is 8. The molecule has 0 unspecified atom stereocenters. The van der Waals surface area contributed by atoms with Crippen LogP contribution in [0.4, 0.5) is 0 Å². The van der Waals surface area contributed by atoms with Gasteiger partial charge in [0.25, 0.3) is 5.91 Å². The van der Waals surface area contributed by atoms with Gasteiger partial charge in [0, 0.05) is 0 Å². The van der Waals surface area contributed by atoms with Gasteiger partial charge in [0.15, 0.2) is 6.54 Å². The Balaban J connectivity index is 1.53. The molecule has 1 fully saturated rings. The smallest absolute Gasteiger partial charge is 0.275 e. The van der Waals surface area contributed by atoms with E-state index in [1.807, 2.05) is 49.4 Å². The number of sulfonamides is 1. The number of nitrogens with zero attached hydrogens (tertiary/aromatic N) is 1. The van der Waals surface area contributed by atoms with Crippen molar-refractivity contribution >= 4 is 15.9 Å². The largest absolute Gasteiger partial charge is 0.344 e. The van der Waals surface area contributed by atoms with Crippen LogP contribution in [-0.2, 0) is 14.8 Å². The highest BCUT2D eigenvalue weighted by molar-refractivity contribution is 7.89. The van der Waals surface area contributed by atoms with Crippen molar-refractivity contribution in [2.75, 3.05) is 32.7 Å². The van der Waals surface area contributed by atoms with E-state index in [2.05, 4.69) is 12.2 Å². The topological polar surface area (TPSA) is 70.9 Å². The Labute approximate surface area is 179 Å². The molecule has 162 valence electrons. The summed E-state index contributed by atoms with van der Waals surface area (Å²) in [4.78, 5) is 14.1. The number of hydrogen-bond acceptors (Lipinski definition) is 3. The van der Waals surface area contributed by atoms with Crippen LogP contribution in [0.25, 0.3) is 0 Å². The Kier molecular flexibility index (Phi) is 7.64. The molecule has 2 aromatic rings. The van der Waals surface area contributed by atoms with E-state index in [1.54, 1.807) is 12.1 Å². The second kappa shape index (κ2) is 10.2. The Morgan fingerprint density at radius 2 is 1.70 bits per heavy atom. The van der Waals surface area contributed by atoms with Gasteiger partial charge in [-0.15, -0.1) is 0 Å². The molecule has 0 spiro atoms. The summed E-state index contributed by atoms with van der Waals surface area (Å²) in [6, 6.07) is 17.0. The van der Waals surface area contributed by atoms with E-state index in [4.69, 9.17) is 0 Å². The van der Waals surface area contributed by atoms with E-state index in [9.17, 15) is 13.2 Å². The predicted octanol–water partition coefficient (Wildman–Crippen LogP) is 1.54. The van der Waals surface area contributed by atoms with Crippen molar-refractivity contribution in [2.45, 2.75) is 37.6 Å². The van der Waals surface area contributed by atoms with Gasteiger partial charge in [0.1, 0.15) is 0 Å². The van der Waals surface area contributed by atoms with Crippen molar-refractivity contribution in [3.63, 3.8) is 0 Å². The number of carbonyl (C=O) groups excluding carboxylic acids is 1. The lowest BCUT2D eigenvalue weighted by Gasteiger charge is -2.31. The number of quaternary nitrogens is 1. The number of nitrogens with one attached hydrogen (secondary N) is 2. The van der Waals surface area contributed by atoms with Crippen molar-refractivity contribution in [1.82, 2.24) is 9.62 Å². The lowest BCUT2D eigenvalue weighted by atomic mass is 10.0. The van der Waals surface area contributed by atoms with E-state index < -0.39 is 10.0 Å². The molecule has 1 amide bonds. The highest BCUT2D eigenvalue weighted by Gasteiger charge is 2.31. The molecule has 0 radical (unpaired) electrons. The Bertz CT molecular complexity index is 922. The molecule has 1 heterocycles. The zero-order valence-electron chi connectivity index (χ0n) is 17.8. The summed E-state index contributed by atoms with van der Waals surface area (Å²) in [6.45, 7) is 6.52. The van der Waals surface area contributed by atoms with Crippen molar-refractivity contribution in [2.24, 2.45) is 0 Å². The van der Waals surface area contributed by atoms with Crippen LogP contribution in [-0.4, -0.2) is 51.4 Å². The molecule has 0 aliphatic carbocycles. The van der Waals surface area contributed by atoms with Gasteiger partial charge < -0.3 is 10.2 Å². The molecule has 30 heavy (non-hydrogen) atoms.